The quantitative estimate of drug-likeness (QED) is 0.460. The molecule has 1 fully saturated rings. The Morgan fingerprint density at radius 2 is 1.82 bits per heavy atom. The van der Waals surface area contributed by atoms with Gasteiger partial charge in [0.1, 0.15) is 5.75 Å². The van der Waals surface area contributed by atoms with Crippen molar-refractivity contribution in [2.45, 2.75) is 70.0 Å². The number of ether oxygens (including phenoxy) is 1. The maximum atomic E-state index is 11.7. The molecule has 1 aromatic heterocycles. The van der Waals surface area contributed by atoms with E-state index in [0.717, 1.165) is 34.3 Å². The van der Waals surface area contributed by atoms with E-state index in [-0.39, 0.29) is 27.5 Å². The highest BCUT2D eigenvalue weighted by molar-refractivity contribution is 8.15. The molecule has 0 radical (unpaired) electrons. The summed E-state index contributed by atoms with van der Waals surface area (Å²) in [5, 5.41) is 1.86. The Labute approximate surface area is 202 Å². The van der Waals surface area contributed by atoms with Gasteiger partial charge in [0.25, 0.3) is 5.24 Å². The van der Waals surface area contributed by atoms with Crippen LogP contribution in [-0.2, 0) is 22.1 Å². The molecule has 2 amide bonds. The van der Waals surface area contributed by atoms with Gasteiger partial charge in [-0.15, -0.1) is 0 Å². The zero-order chi connectivity index (χ0) is 24.2. The number of nitrogens with zero attached hydrogens (tertiary/aromatic N) is 1. The minimum atomic E-state index is -1.83. The van der Waals surface area contributed by atoms with Crippen molar-refractivity contribution in [1.82, 2.24) is 10.3 Å². The van der Waals surface area contributed by atoms with E-state index < -0.39 is 8.32 Å². The van der Waals surface area contributed by atoms with Gasteiger partial charge in [0.05, 0.1) is 18.0 Å². The number of rotatable bonds is 9. The third kappa shape index (κ3) is 6.91. The fourth-order valence-corrected chi connectivity index (χ4v) is 5.48. The largest absolute Gasteiger partial charge is 0.493 e. The Kier molecular flexibility index (Phi) is 8.03. The summed E-state index contributed by atoms with van der Waals surface area (Å²) < 4.78 is 12.3. The van der Waals surface area contributed by atoms with Crippen LogP contribution in [0.3, 0.4) is 0 Å². The fraction of sp³-hybridized carbons (Fsp3) is 0.480. The van der Waals surface area contributed by atoms with E-state index in [9.17, 15) is 9.59 Å². The Bertz CT molecular complexity index is 971. The minimum absolute atomic E-state index is 0.0223. The van der Waals surface area contributed by atoms with E-state index in [1.54, 1.807) is 0 Å². The highest BCUT2D eigenvalue weighted by Gasteiger charge is 2.38. The van der Waals surface area contributed by atoms with Gasteiger partial charge < -0.3 is 9.16 Å². The van der Waals surface area contributed by atoms with Gasteiger partial charge in [0.2, 0.25) is 5.91 Å². The first-order valence-electron chi connectivity index (χ1n) is 11.3. The molecule has 1 N–H and O–H groups in total. The summed E-state index contributed by atoms with van der Waals surface area (Å²) in [4.78, 5) is 27.6. The first-order valence-corrected chi connectivity index (χ1v) is 15.1. The number of aromatic nitrogens is 1. The SMILES string of the molecule is CC(O[Si](C)(C)C(C)(C)C)c1ccc(CCOc2ccc(CC3SC(=O)NC3=O)cc2)nc1. The topological polar surface area (TPSA) is 77.5 Å². The van der Waals surface area contributed by atoms with Crippen LogP contribution in [0.15, 0.2) is 42.6 Å². The second-order valence-corrected chi connectivity index (χ2v) is 15.9. The number of amides is 2. The number of carbonyl (C=O) groups excluding carboxylic acids is 2. The standard InChI is InChI=1S/C25H34N2O4SSi/c1-17(31-33(5,6)25(2,3)4)19-9-10-20(26-16-19)13-14-30-21-11-7-18(8-12-21)15-22-23(28)27-24(29)32-22/h7-12,16-17,22H,13-15H2,1-6H3,(H,27,28,29). The number of carbonyl (C=O) groups is 2. The molecule has 178 valence electrons. The molecule has 2 aromatic rings. The lowest BCUT2D eigenvalue weighted by atomic mass is 10.1. The van der Waals surface area contributed by atoms with Gasteiger partial charge in [-0.1, -0.05) is 50.7 Å². The van der Waals surface area contributed by atoms with Gasteiger partial charge in [-0.3, -0.25) is 19.9 Å². The van der Waals surface area contributed by atoms with Gasteiger partial charge in [-0.05, 0) is 60.8 Å². The van der Waals surface area contributed by atoms with Crippen molar-refractivity contribution in [3.63, 3.8) is 0 Å². The van der Waals surface area contributed by atoms with Crippen LogP contribution in [0.5, 0.6) is 5.75 Å². The Morgan fingerprint density at radius 3 is 2.36 bits per heavy atom. The molecule has 0 spiro atoms. The van der Waals surface area contributed by atoms with Crippen molar-refractivity contribution >= 4 is 31.2 Å². The molecular weight excluding hydrogens is 452 g/mol. The van der Waals surface area contributed by atoms with Crippen LogP contribution in [0.25, 0.3) is 0 Å². The zero-order valence-electron chi connectivity index (χ0n) is 20.3. The number of hydrogen-bond donors (Lipinski definition) is 1. The average molecular weight is 487 g/mol. The van der Waals surface area contributed by atoms with E-state index in [0.29, 0.717) is 19.4 Å². The van der Waals surface area contributed by atoms with Crippen LogP contribution in [-0.4, -0.2) is 36.3 Å². The van der Waals surface area contributed by atoms with Crippen molar-refractivity contribution in [3.05, 3.63) is 59.4 Å². The van der Waals surface area contributed by atoms with Gasteiger partial charge in [-0.2, -0.15) is 0 Å². The molecule has 1 aliphatic heterocycles. The molecule has 2 atom stereocenters. The van der Waals surface area contributed by atoms with Gasteiger partial charge in [-0.25, -0.2) is 0 Å². The molecule has 0 saturated carbocycles. The number of imide groups is 1. The van der Waals surface area contributed by atoms with Crippen molar-refractivity contribution < 1.29 is 18.8 Å². The van der Waals surface area contributed by atoms with Gasteiger partial charge in [0.15, 0.2) is 8.32 Å². The van der Waals surface area contributed by atoms with Crippen LogP contribution in [0.2, 0.25) is 18.1 Å². The maximum Gasteiger partial charge on any atom is 0.286 e. The van der Waals surface area contributed by atoms with Gasteiger partial charge in [0, 0.05) is 18.3 Å². The molecule has 1 saturated heterocycles. The molecule has 8 heteroatoms. The van der Waals surface area contributed by atoms with Crippen molar-refractivity contribution in [3.8, 4) is 5.75 Å². The number of pyridine rings is 1. The van der Waals surface area contributed by atoms with Crippen LogP contribution < -0.4 is 10.1 Å². The molecule has 1 aromatic carbocycles. The number of hydrogen-bond acceptors (Lipinski definition) is 6. The molecule has 2 unspecified atom stereocenters. The Morgan fingerprint density at radius 1 is 1.12 bits per heavy atom. The molecule has 6 nitrogen and oxygen atoms in total. The highest BCUT2D eigenvalue weighted by Crippen LogP contribution is 2.39. The lowest BCUT2D eigenvalue weighted by Crippen LogP contribution is -2.41. The third-order valence-corrected chi connectivity index (χ3v) is 11.9. The van der Waals surface area contributed by atoms with Crippen molar-refractivity contribution in [2.24, 2.45) is 0 Å². The molecule has 0 bridgehead atoms. The molecule has 1 aliphatic rings. The lowest BCUT2D eigenvalue weighted by molar-refractivity contribution is -0.118. The van der Waals surface area contributed by atoms with Crippen molar-refractivity contribution in [2.75, 3.05) is 6.61 Å². The van der Waals surface area contributed by atoms with Crippen LogP contribution in [0.4, 0.5) is 4.79 Å². The molecule has 2 heterocycles. The highest BCUT2D eigenvalue weighted by atomic mass is 32.2. The predicted octanol–water partition coefficient (Wildman–Crippen LogP) is 5.68. The predicted molar refractivity (Wildman–Crippen MR) is 135 cm³/mol. The number of benzene rings is 1. The summed E-state index contributed by atoms with van der Waals surface area (Å²) in [5.41, 5.74) is 3.07. The smallest absolute Gasteiger partial charge is 0.286 e. The monoisotopic (exact) mass is 486 g/mol. The fourth-order valence-electron chi connectivity index (χ4n) is 3.25. The second-order valence-electron chi connectivity index (χ2n) is 9.93. The van der Waals surface area contributed by atoms with E-state index >= 15 is 0 Å². The lowest BCUT2D eigenvalue weighted by Gasteiger charge is -2.38. The van der Waals surface area contributed by atoms with Gasteiger partial charge >= 0.3 is 0 Å². The Balaban J connectivity index is 1.46. The maximum absolute atomic E-state index is 11.7. The van der Waals surface area contributed by atoms with E-state index in [1.165, 1.54) is 0 Å². The first-order chi connectivity index (χ1) is 15.4. The van der Waals surface area contributed by atoms with Crippen molar-refractivity contribution in [1.29, 1.82) is 0 Å². The molecule has 3 rings (SSSR count). The average Bonchev–Trinajstić information content (AvgIpc) is 3.05. The van der Waals surface area contributed by atoms with E-state index in [2.05, 4.69) is 57.2 Å². The van der Waals surface area contributed by atoms with Crippen LogP contribution in [0, 0.1) is 0 Å². The molecular formula is C25H34N2O4SSi. The summed E-state index contributed by atoms with van der Waals surface area (Å²) in [6, 6.07) is 11.8. The Hall–Kier alpha value is -2.16. The van der Waals surface area contributed by atoms with Crippen LogP contribution >= 0.6 is 11.8 Å². The summed E-state index contributed by atoms with van der Waals surface area (Å²) in [5.74, 6) is 0.552. The normalized spacial score (nSPS) is 17.7. The summed E-state index contributed by atoms with van der Waals surface area (Å²) in [7, 11) is -1.83. The van der Waals surface area contributed by atoms with E-state index in [4.69, 9.17) is 9.16 Å². The van der Waals surface area contributed by atoms with E-state index in [1.807, 2.05) is 36.5 Å². The first kappa shape index (κ1) is 25.5. The minimum Gasteiger partial charge on any atom is -0.493 e. The molecule has 33 heavy (non-hydrogen) atoms. The van der Waals surface area contributed by atoms with Crippen LogP contribution in [0.1, 0.15) is 50.6 Å². The molecule has 0 aliphatic carbocycles. The number of nitrogens with one attached hydrogen (secondary N) is 1. The third-order valence-electron chi connectivity index (χ3n) is 6.33. The summed E-state index contributed by atoms with van der Waals surface area (Å²) in [6.45, 7) is 13.9. The number of thioether (sulfide) groups is 1. The summed E-state index contributed by atoms with van der Waals surface area (Å²) >= 11 is 1.05. The second kappa shape index (κ2) is 10.4. The summed E-state index contributed by atoms with van der Waals surface area (Å²) in [6.07, 6.45) is 3.16. The zero-order valence-corrected chi connectivity index (χ0v) is 22.1.